The number of hydrogen-bond donors (Lipinski definition) is 4. The highest BCUT2D eigenvalue weighted by Crippen LogP contribution is 2.26. The Morgan fingerprint density at radius 1 is 1.16 bits per heavy atom. The van der Waals surface area contributed by atoms with Crippen LogP contribution >= 0.6 is 0 Å². The summed E-state index contributed by atoms with van der Waals surface area (Å²) >= 11 is 0. The number of hydrogen-bond acceptors (Lipinski definition) is 7. The van der Waals surface area contributed by atoms with Crippen LogP contribution in [0.1, 0.15) is 22.3 Å². The molecule has 4 rings (SSSR count). The maximum atomic E-state index is 12.5. The third-order valence-corrected chi connectivity index (χ3v) is 5.72. The van der Waals surface area contributed by atoms with Crippen molar-refractivity contribution in [2.24, 2.45) is 0 Å². The van der Waals surface area contributed by atoms with Crippen molar-refractivity contribution in [2.75, 3.05) is 29.0 Å². The van der Waals surface area contributed by atoms with E-state index < -0.39 is 6.41 Å². The van der Waals surface area contributed by atoms with Crippen LogP contribution in [0.15, 0.2) is 73.1 Å². The number of nitrogens with zero attached hydrogens (tertiary/aromatic N) is 3. The number of aromatic nitrogens is 1. The van der Waals surface area contributed by atoms with E-state index >= 15 is 0 Å². The Morgan fingerprint density at radius 3 is 2.62 bits per heavy atom. The highest BCUT2D eigenvalue weighted by Gasteiger charge is 2.31. The molecule has 1 atom stereocenters. The molecule has 0 spiro atoms. The summed E-state index contributed by atoms with van der Waals surface area (Å²) < 4.78 is 0. The average molecular weight is 434 g/mol. The number of para-hydroxylation sites is 2. The zero-order valence-corrected chi connectivity index (χ0v) is 17.6. The molecule has 8 nitrogen and oxygen atoms in total. The van der Waals surface area contributed by atoms with E-state index in [4.69, 9.17) is 5.73 Å². The molecule has 5 N–H and O–H groups in total. The second kappa shape index (κ2) is 9.78. The van der Waals surface area contributed by atoms with Gasteiger partial charge in [0.05, 0.1) is 11.4 Å². The van der Waals surface area contributed by atoms with Crippen LogP contribution in [0.4, 0.5) is 17.1 Å². The minimum absolute atomic E-state index is 0.0146. The number of amides is 1. The Hall–Kier alpha value is -3.46. The van der Waals surface area contributed by atoms with Gasteiger partial charge in [-0.2, -0.15) is 0 Å². The molecule has 166 valence electrons. The summed E-state index contributed by atoms with van der Waals surface area (Å²) in [6, 6.07) is 18.3. The summed E-state index contributed by atoms with van der Waals surface area (Å²) in [6.07, 6.45) is 2.68. The van der Waals surface area contributed by atoms with Crippen molar-refractivity contribution >= 4 is 23.0 Å². The number of aliphatic hydroxyl groups is 2. The van der Waals surface area contributed by atoms with Crippen LogP contribution in [-0.2, 0) is 6.54 Å². The molecule has 1 fully saturated rings. The molecule has 0 bridgehead atoms. The lowest BCUT2D eigenvalue weighted by atomic mass is 10.1. The molecule has 0 saturated carbocycles. The first-order valence-electron chi connectivity index (χ1n) is 10.5. The fraction of sp³-hybridized carbons (Fsp3) is 0.250. The second-order valence-electron chi connectivity index (χ2n) is 7.86. The monoisotopic (exact) mass is 433 g/mol. The predicted octanol–water partition coefficient (Wildman–Crippen LogP) is 2.27. The van der Waals surface area contributed by atoms with Gasteiger partial charge >= 0.3 is 0 Å². The Kier molecular flexibility index (Phi) is 6.65. The fourth-order valence-corrected chi connectivity index (χ4v) is 3.98. The quantitative estimate of drug-likeness (QED) is 0.334. The fourth-order valence-electron chi connectivity index (χ4n) is 3.98. The summed E-state index contributed by atoms with van der Waals surface area (Å²) in [4.78, 5) is 20.5. The van der Waals surface area contributed by atoms with Crippen molar-refractivity contribution in [1.82, 2.24) is 9.88 Å². The lowest BCUT2D eigenvalue weighted by Crippen LogP contribution is -2.44. The van der Waals surface area contributed by atoms with Crippen molar-refractivity contribution in [2.45, 2.75) is 25.4 Å². The summed E-state index contributed by atoms with van der Waals surface area (Å²) in [5.41, 5.74) is 9.44. The van der Waals surface area contributed by atoms with E-state index in [0.29, 0.717) is 30.0 Å². The van der Waals surface area contributed by atoms with Gasteiger partial charge in [0.1, 0.15) is 0 Å². The molecule has 1 saturated heterocycles. The van der Waals surface area contributed by atoms with Crippen molar-refractivity contribution in [3.05, 3.63) is 84.2 Å². The molecule has 1 aliphatic rings. The van der Waals surface area contributed by atoms with Crippen LogP contribution in [0.3, 0.4) is 0 Å². The summed E-state index contributed by atoms with van der Waals surface area (Å²) in [7, 11) is 0. The summed E-state index contributed by atoms with van der Waals surface area (Å²) in [5.74, 6) is -0.222. The van der Waals surface area contributed by atoms with Crippen molar-refractivity contribution in [3.8, 4) is 0 Å². The van der Waals surface area contributed by atoms with Gasteiger partial charge in [0.25, 0.3) is 5.91 Å². The molecule has 3 aromatic rings. The number of carbonyl (C=O) groups excluding carboxylic acids is 1. The van der Waals surface area contributed by atoms with E-state index in [9.17, 15) is 15.0 Å². The molecule has 0 radical (unpaired) electrons. The Morgan fingerprint density at radius 2 is 1.94 bits per heavy atom. The molecular weight excluding hydrogens is 406 g/mol. The van der Waals surface area contributed by atoms with E-state index in [0.717, 1.165) is 24.2 Å². The smallest absolute Gasteiger partial charge is 0.255 e. The average Bonchev–Trinajstić information content (AvgIpc) is 3.29. The number of nitrogens with one attached hydrogen (secondary N) is 1. The number of aliphatic hydroxyl groups excluding tert-OH is 1. The van der Waals surface area contributed by atoms with Gasteiger partial charge in [0.2, 0.25) is 6.41 Å². The number of carbonyl (C=O) groups is 1. The minimum atomic E-state index is -1.54. The van der Waals surface area contributed by atoms with E-state index in [1.165, 1.54) is 0 Å². The lowest BCUT2D eigenvalue weighted by Gasteiger charge is -2.30. The normalized spacial score (nSPS) is 16.0. The Bertz CT molecular complexity index is 1040. The topological polar surface area (TPSA) is 115 Å². The van der Waals surface area contributed by atoms with Gasteiger partial charge in [-0.15, -0.1) is 0 Å². The third kappa shape index (κ3) is 5.05. The van der Waals surface area contributed by atoms with Crippen LogP contribution in [0.5, 0.6) is 0 Å². The van der Waals surface area contributed by atoms with E-state index in [1.807, 2.05) is 36.4 Å². The second-order valence-corrected chi connectivity index (χ2v) is 7.86. The van der Waals surface area contributed by atoms with E-state index in [2.05, 4.69) is 15.2 Å². The van der Waals surface area contributed by atoms with E-state index in [1.54, 1.807) is 41.6 Å². The molecule has 2 heterocycles. The van der Waals surface area contributed by atoms with Crippen LogP contribution in [0.25, 0.3) is 0 Å². The molecule has 1 aliphatic heterocycles. The summed E-state index contributed by atoms with van der Waals surface area (Å²) in [5, 5.41) is 22.7. The minimum Gasteiger partial charge on any atom is -0.397 e. The SMILES string of the molecule is Nc1ccccc1NC(=O)c1ccc(N2CC[C@H](N(Cc3cccnc3)C(O)O)C2)cc1. The maximum Gasteiger partial charge on any atom is 0.255 e. The number of rotatable bonds is 7. The third-order valence-electron chi connectivity index (χ3n) is 5.72. The predicted molar refractivity (Wildman–Crippen MR) is 124 cm³/mol. The molecule has 1 amide bonds. The lowest BCUT2D eigenvalue weighted by molar-refractivity contribution is -0.172. The summed E-state index contributed by atoms with van der Waals surface area (Å²) in [6.45, 7) is 1.85. The molecule has 0 unspecified atom stereocenters. The zero-order chi connectivity index (χ0) is 22.5. The molecule has 2 aromatic carbocycles. The Balaban J connectivity index is 1.39. The number of nitrogen functional groups attached to an aromatic ring is 1. The van der Waals surface area contributed by atoms with Gasteiger partial charge in [0, 0.05) is 49.3 Å². The molecular formula is C24H27N5O3. The molecule has 0 aliphatic carbocycles. The van der Waals surface area contributed by atoms with Crippen LogP contribution < -0.4 is 16.0 Å². The van der Waals surface area contributed by atoms with Crippen molar-refractivity contribution < 1.29 is 15.0 Å². The van der Waals surface area contributed by atoms with E-state index in [-0.39, 0.29) is 11.9 Å². The van der Waals surface area contributed by atoms with Gasteiger partial charge in [-0.1, -0.05) is 18.2 Å². The van der Waals surface area contributed by atoms with Gasteiger partial charge in [-0.3, -0.25) is 9.78 Å². The first-order valence-corrected chi connectivity index (χ1v) is 10.5. The number of pyridine rings is 1. The first kappa shape index (κ1) is 21.8. The van der Waals surface area contributed by atoms with Crippen LogP contribution in [0, 0.1) is 0 Å². The number of nitrogens with two attached hydrogens (primary N) is 1. The zero-order valence-electron chi connectivity index (χ0n) is 17.6. The van der Waals surface area contributed by atoms with Crippen LogP contribution in [0.2, 0.25) is 0 Å². The standard InChI is InChI=1S/C24H27N5O3/c25-21-5-1-2-6-22(21)27-23(30)18-7-9-19(10-8-18)28-13-11-20(16-28)29(24(31)32)15-17-4-3-12-26-14-17/h1-10,12,14,20,24,31-32H,11,13,15-16,25H2,(H,27,30)/t20-/m0/s1. The highest BCUT2D eigenvalue weighted by molar-refractivity contribution is 6.05. The van der Waals surface area contributed by atoms with Gasteiger partial charge < -0.3 is 26.2 Å². The van der Waals surface area contributed by atoms with Crippen LogP contribution in [-0.4, -0.2) is 51.5 Å². The maximum absolute atomic E-state index is 12.5. The van der Waals surface area contributed by atoms with Crippen molar-refractivity contribution in [3.63, 3.8) is 0 Å². The van der Waals surface area contributed by atoms with Gasteiger partial charge in [-0.25, -0.2) is 4.90 Å². The van der Waals surface area contributed by atoms with Gasteiger partial charge in [0.15, 0.2) is 0 Å². The highest BCUT2D eigenvalue weighted by atomic mass is 16.5. The molecule has 1 aromatic heterocycles. The number of benzene rings is 2. The molecule has 8 heteroatoms. The van der Waals surface area contributed by atoms with Gasteiger partial charge in [-0.05, 0) is 54.4 Å². The van der Waals surface area contributed by atoms with Crippen molar-refractivity contribution in [1.29, 1.82) is 0 Å². The molecule has 32 heavy (non-hydrogen) atoms. The number of anilines is 3. The Labute approximate surface area is 186 Å². The first-order chi connectivity index (χ1) is 15.5. The largest absolute Gasteiger partial charge is 0.397 e.